The van der Waals surface area contributed by atoms with E-state index in [4.69, 9.17) is 17.3 Å². The maximum absolute atomic E-state index is 6.11. The van der Waals surface area contributed by atoms with Gasteiger partial charge in [-0.15, -0.1) is 0 Å². The first kappa shape index (κ1) is 11.9. The van der Waals surface area contributed by atoms with Gasteiger partial charge in [-0.1, -0.05) is 18.5 Å². The summed E-state index contributed by atoms with van der Waals surface area (Å²) in [5, 5.41) is 5.50. The Kier molecular flexibility index (Phi) is 4.29. The highest BCUT2D eigenvalue weighted by atomic mass is 35.5. The highest BCUT2D eigenvalue weighted by molar-refractivity contribution is 7.99. The number of aromatic nitrogens is 2. The lowest BCUT2D eigenvalue weighted by Gasteiger charge is -2.08. The smallest absolute Gasteiger partial charge is 0.0855 e. The molecule has 0 fully saturated rings. The third-order valence-electron chi connectivity index (χ3n) is 2.10. The van der Waals surface area contributed by atoms with E-state index in [9.17, 15) is 0 Å². The van der Waals surface area contributed by atoms with Gasteiger partial charge in [-0.25, -0.2) is 0 Å². The van der Waals surface area contributed by atoms with Crippen molar-refractivity contribution in [1.82, 2.24) is 9.78 Å². The van der Waals surface area contributed by atoms with Crippen molar-refractivity contribution in [1.29, 1.82) is 0 Å². The van der Waals surface area contributed by atoms with Crippen LogP contribution in [0, 0.1) is 6.92 Å². The number of hydrogen-bond acceptors (Lipinski definition) is 3. The van der Waals surface area contributed by atoms with E-state index in [1.807, 2.05) is 18.7 Å². The molecule has 14 heavy (non-hydrogen) atoms. The summed E-state index contributed by atoms with van der Waals surface area (Å²) in [6.07, 6.45) is 0. The molecule has 0 spiro atoms. The molecule has 0 aliphatic carbocycles. The summed E-state index contributed by atoms with van der Waals surface area (Å²) >= 11 is 7.91. The van der Waals surface area contributed by atoms with Gasteiger partial charge < -0.3 is 5.73 Å². The van der Waals surface area contributed by atoms with Gasteiger partial charge in [0.2, 0.25) is 0 Å². The zero-order chi connectivity index (χ0) is 10.7. The van der Waals surface area contributed by atoms with Crippen molar-refractivity contribution in [2.75, 3.05) is 6.54 Å². The van der Waals surface area contributed by atoms with Crippen LogP contribution in [0.3, 0.4) is 0 Å². The van der Waals surface area contributed by atoms with Crippen LogP contribution in [0.5, 0.6) is 0 Å². The Labute approximate surface area is 94.0 Å². The third-order valence-corrected chi connectivity index (χ3v) is 3.79. The molecule has 1 heterocycles. The van der Waals surface area contributed by atoms with Crippen LogP contribution in [0.4, 0.5) is 0 Å². The Morgan fingerprint density at radius 3 is 2.71 bits per heavy atom. The molecule has 0 aliphatic rings. The van der Waals surface area contributed by atoms with Gasteiger partial charge in [-0.05, 0) is 6.92 Å². The van der Waals surface area contributed by atoms with Crippen molar-refractivity contribution in [2.45, 2.75) is 24.9 Å². The van der Waals surface area contributed by atoms with E-state index >= 15 is 0 Å². The average molecular weight is 234 g/mol. The SMILES string of the molecule is Cc1nn(C)c(CSC(C)CN)c1Cl. The van der Waals surface area contributed by atoms with Crippen molar-refractivity contribution < 1.29 is 0 Å². The topological polar surface area (TPSA) is 43.8 Å². The second-order valence-electron chi connectivity index (χ2n) is 3.33. The van der Waals surface area contributed by atoms with Gasteiger partial charge >= 0.3 is 0 Å². The molecular weight excluding hydrogens is 218 g/mol. The van der Waals surface area contributed by atoms with Gasteiger partial charge in [0.1, 0.15) is 0 Å². The van der Waals surface area contributed by atoms with Gasteiger partial charge in [0.05, 0.1) is 16.4 Å². The van der Waals surface area contributed by atoms with E-state index in [1.54, 1.807) is 11.8 Å². The van der Waals surface area contributed by atoms with Crippen LogP contribution < -0.4 is 5.73 Å². The van der Waals surface area contributed by atoms with E-state index in [2.05, 4.69) is 12.0 Å². The molecule has 0 aromatic carbocycles. The third kappa shape index (κ3) is 2.65. The van der Waals surface area contributed by atoms with Crippen molar-refractivity contribution in [3.8, 4) is 0 Å². The Morgan fingerprint density at radius 2 is 2.29 bits per heavy atom. The van der Waals surface area contributed by atoms with Gasteiger partial charge in [0, 0.05) is 24.6 Å². The molecule has 0 bridgehead atoms. The summed E-state index contributed by atoms with van der Waals surface area (Å²) in [4.78, 5) is 0. The van der Waals surface area contributed by atoms with Gasteiger partial charge in [0.15, 0.2) is 0 Å². The van der Waals surface area contributed by atoms with Crippen molar-refractivity contribution >= 4 is 23.4 Å². The lowest BCUT2D eigenvalue weighted by atomic mass is 10.4. The van der Waals surface area contributed by atoms with Crippen LogP contribution in [0.2, 0.25) is 5.02 Å². The maximum Gasteiger partial charge on any atom is 0.0855 e. The molecule has 1 atom stereocenters. The van der Waals surface area contributed by atoms with E-state index in [1.165, 1.54) is 0 Å². The predicted molar refractivity (Wildman–Crippen MR) is 62.8 cm³/mol. The Hall–Kier alpha value is -0.190. The standard InChI is InChI=1S/C9H16ClN3S/c1-6(4-11)14-5-8-9(10)7(2)12-13(8)3/h6H,4-5,11H2,1-3H3. The number of hydrogen-bond donors (Lipinski definition) is 1. The van der Waals surface area contributed by atoms with E-state index in [0.717, 1.165) is 22.2 Å². The molecule has 1 aromatic heterocycles. The molecular formula is C9H16ClN3S. The van der Waals surface area contributed by atoms with Crippen LogP contribution in [-0.2, 0) is 12.8 Å². The van der Waals surface area contributed by atoms with Gasteiger partial charge in [-0.2, -0.15) is 16.9 Å². The summed E-state index contributed by atoms with van der Waals surface area (Å²) in [6, 6.07) is 0. The minimum Gasteiger partial charge on any atom is -0.329 e. The Morgan fingerprint density at radius 1 is 1.64 bits per heavy atom. The first-order chi connectivity index (χ1) is 6.56. The van der Waals surface area contributed by atoms with Crippen LogP contribution in [-0.4, -0.2) is 21.6 Å². The summed E-state index contributed by atoms with van der Waals surface area (Å²) in [5.41, 5.74) is 7.51. The number of nitrogens with zero attached hydrogens (tertiary/aromatic N) is 2. The number of thioether (sulfide) groups is 1. The number of aryl methyl sites for hydroxylation is 2. The predicted octanol–water partition coefficient (Wildman–Crippen LogP) is 1.96. The van der Waals surface area contributed by atoms with E-state index in [0.29, 0.717) is 11.8 Å². The molecule has 1 aromatic rings. The van der Waals surface area contributed by atoms with Crippen molar-refractivity contribution in [2.24, 2.45) is 12.8 Å². The minimum absolute atomic E-state index is 0.460. The van der Waals surface area contributed by atoms with E-state index < -0.39 is 0 Å². The minimum atomic E-state index is 0.460. The molecule has 0 radical (unpaired) electrons. The number of nitrogens with two attached hydrogens (primary N) is 1. The number of halogens is 1. The maximum atomic E-state index is 6.11. The fraction of sp³-hybridized carbons (Fsp3) is 0.667. The molecule has 80 valence electrons. The summed E-state index contributed by atoms with van der Waals surface area (Å²) < 4.78 is 1.84. The normalized spacial score (nSPS) is 13.2. The van der Waals surface area contributed by atoms with Gasteiger partial charge in [0.25, 0.3) is 0 Å². The van der Waals surface area contributed by atoms with E-state index in [-0.39, 0.29) is 0 Å². The monoisotopic (exact) mass is 233 g/mol. The van der Waals surface area contributed by atoms with Crippen LogP contribution in [0.15, 0.2) is 0 Å². The highest BCUT2D eigenvalue weighted by Gasteiger charge is 2.11. The molecule has 0 amide bonds. The summed E-state index contributed by atoms with van der Waals surface area (Å²) in [5.74, 6) is 0.870. The molecule has 5 heteroatoms. The first-order valence-corrected chi connectivity index (χ1v) is 5.98. The second-order valence-corrected chi connectivity index (χ2v) is 5.13. The average Bonchev–Trinajstić information content (AvgIpc) is 2.39. The lowest BCUT2D eigenvalue weighted by molar-refractivity contribution is 0.727. The quantitative estimate of drug-likeness (QED) is 0.865. The molecule has 1 unspecified atom stereocenters. The molecule has 0 saturated heterocycles. The summed E-state index contributed by atoms with van der Waals surface area (Å²) in [6.45, 7) is 4.73. The number of rotatable bonds is 4. The zero-order valence-electron chi connectivity index (χ0n) is 8.75. The van der Waals surface area contributed by atoms with Crippen LogP contribution >= 0.6 is 23.4 Å². The van der Waals surface area contributed by atoms with Crippen molar-refractivity contribution in [3.05, 3.63) is 16.4 Å². The van der Waals surface area contributed by atoms with Crippen LogP contribution in [0.25, 0.3) is 0 Å². The van der Waals surface area contributed by atoms with Gasteiger partial charge in [-0.3, -0.25) is 4.68 Å². The van der Waals surface area contributed by atoms with Crippen LogP contribution in [0.1, 0.15) is 18.3 Å². The first-order valence-electron chi connectivity index (χ1n) is 4.56. The zero-order valence-corrected chi connectivity index (χ0v) is 10.3. The Balaban J connectivity index is 2.67. The largest absolute Gasteiger partial charge is 0.329 e. The Bertz CT molecular complexity index is 311. The molecule has 1 rings (SSSR count). The molecule has 0 saturated carbocycles. The fourth-order valence-electron chi connectivity index (χ4n) is 1.13. The molecule has 3 nitrogen and oxygen atoms in total. The van der Waals surface area contributed by atoms with Crippen molar-refractivity contribution in [3.63, 3.8) is 0 Å². The fourth-order valence-corrected chi connectivity index (χ4v) is 2.34. The highest BCUT2D eigenvalue weighted by Crippen LogP contribution is 2.25. The lowest BCUT2D eigenvalue weighted by Crippen LogP contribution is -2.13. The second kappa shape index (κ2) is 5.05. The molecule has 0 aliphatic heterocycles. The molecule has 2 N–H and O–H groups in total. The summed E-state index contributed by atoms with van der Waals surface area (Å²) in [7, 11) is 1.92.